The summed E-state index contributed by atoms with van der Waals surface area (Å²) in [5, 5.41) is 13.9. The van der Waals surface area contributed by atoms with Crippen LogP contribution < -0.4 is 4.74 Å². The molecule has 0 aliphatic rings. The van der Waals surface area contributed by atoms with Crippen LogP contribution in [0.1, 0.15) is 0 Å². The maximum atomic E-state index is 11.9. The molecule has 1 heterocycles. The Morgan fingerprint density at radius 2 is 1.89 bits per heavy atom. The van der Waals surface area contributed by atoms with Crippen LogP contribution in [0.3, 0.4) is 0 Å². The van der Waals surface area contributed by atoms with Crippen molar-refractivity contribution in [2.75, 3.05) is 0 Å². The minimum Gasteiger partial charge on any atom is -0.406 e. The van der Waals surface area contributed by atoms with E-state index in [2.05, 4.69) is 14.8 Å². The number of benzene rings is 1. The van der Waals surface area contributed by atoms with Crippen molar-refractivity contribution in [2.45, 2.75) is 6.36 Å². The van der Waals surface area contributed by atoms with E-state index in [1.165, 1.54) is 12.1 Å². The number of nitro groups is 1. The molecule has 1 aromatic heterocycles. The summed E-state index contributed by atoms with van der Waals surface area (Å²) in [6.45, 7) is 0. The molecule has 0 unspecified atom stereocenters. The molecule has 0 amide bonds. The quantitative estimate of drug-likeness (QED) is 0.632. The van der Waals surface area contributed by atoms with Gasteiger partial charge in [0, 0.05) is 5.10 Å². The second-order valence-electron chi connectivity index (χ2n) is 3.29. The van der Waals surface area contributed by atoms with Crippen LogP contribution in [-0.2, 0) is 0 Å². The zero-order valence-corrected chi connectivity index (χ0v) is 9.03. The number of ether oxygens (including phenoxy) is 1. The van der Waals surface area contributed by atoms with Gasteiger partial charge < -0.3 is 14.9 Å². The Kier molecular flexibility index (Phi) is 3.07. The fourth-order valence-corrected chi connectivity index (χ4v) is 1.26. The standard InChI is InChI=1S/C9H5F3N4O3/c10-9(11,12)19-7-3-1-6(2-4-7)15-5-13-8(14-15)16(17)18/h1-5H. The molecular formula is C9H5F3N4O3. The first-order valence-electron chi connectivity index (χ1n) is 4.77. The Morgan fingerprint density at radius 1 is 1.26 bits per heavy atom. The molecule has 0 spiro atoms. The highest BCUT2D eigenvalue weighted by Crippen LogP contribution is 2.23. The monoisotopic (exact) mass is 274 g/mol. The normalized spacial score (nSPS) is 11.3. The average Bonchev–Trinajstić information content (AvgIpc) is 2.77. The summed E-state index contributed by atoms with van der Waals surface area (Å²) in [7, 11) is 0. The summed E-state index contributed by atoms with van der Waals surface area (Å²) in [6.07, 6.45) is -3.69. The lowest BCUT2D eigenvalue weighted by molar-refractivity contribution is -0.394. The van der Waals surface area contributed by atoms with E-state index in [0.717, 1.165) is 23.1 Å². The van der Waals surface area contributed by atoms with E-state index >= 15 is 0 Å². The van der Waals surface area contributed by atoms with Crippen LogP contribution in [0.15, 0.2) is 30.6 Å². The lowest BCUT2D eigenvalue weighted by atomic mass is 10.3. The third-order valence-electron chi connectivity index (χ3n) is 1.98. The van der Waals surface area contributed by atoms with Crippen LogP contribution in [-0.4, -0.2) is 26.1 Å². The highest BCUT2D eigenvalue weighted by molar-refractivity contribution is 5.36. The van der Waals surface area contributed by atoms with Crippen molar-refractivity contribution >= 4 is 5.95 Å². The number of aromatic nitrogens is 3. The molecule has 0 aliphatic carbocycles. The maximum absolute atomic E-state index is 11.9. The molecule has 10 heteroatoms. The minimum absolute atomic E-state index is 0.315. The minimum atomic E-state index is -4.77. The molecule has 7 nitrogen and oxygen atoms in total. The second kappa shape index (κ2) is 4.55. The van der Waals surface area contributed by atoms with Crippen LogP contribution in [0.4, 0.5) is 19.1 Å². The van der Waals surface area contributed by atoms with Crippen molar-refractivity contribution in [3.05, 3.63) is 40.7 Å². The van der Waals surface area contributed by atoms with Gasteiger partial charge in [0.15, 0.2) is 0 Å². The summed E-state index contributed by atoms with van der Waals surface area (Å²) < 4.78 is 40.5. The molecule has 0 fully saturated rings. The molecule has 0 saturated carbocycles. The van der Waals surface area contributed by atoms with Crippen LogP contribution in [0.25, 0.3) is 5.69 Å². The van der Waals surface area contributed by atoms with Crippen molar-refractivity contribution in [2.24, 2.45) is 0 Å². The van der Waals surface area contributed by atoms with Crippen LogP contribution in [0.2, 0.25) is 0 Å². The predicted molar refractivity (Wildman–Crippen MR) is 54.7 cm³/mol. The average molecular weight is 274 g/mol. The van der Waals surface area contributed by atoms with Crippen molar-refractivity contribution in [1.82, 2.24) is 14.8 Å². The van der Waals surface area contributed by atoms with Crippen molar-refractivity contribution in [3.8, 4) is 11.4 Å². The van der Waals surface area contributed by atoms with Crippen molar-refractivity contribution in [1.29, 1.82) is 0 Å². The largest absolute Gasteiger partial charge is 0.573 e. The molecule has 100 valence electrons. The third kappa shape index (κ3) is 3.18. The maximum Gasteiger partial charge on any atom is 0.573 e. The van der Waals surface area contributed by atoms with E-state index in [0.29, 0.717) is 5.69 Å². The lowest BCUT2D eigenvalue weighted by Crippen LogP contribution is -2.17. The number of nitrogens with zero attached hydrogens (tertiary/aromatic N) is 4. The fraction of sp³-hybridized carbons (Fsp3) is 0.111. The summed E-state index contributed by atoms with van der Waals surface area (Å²) in [5.41, 5.74) is 0.315. The van der Waals surface area contributed by atoms with E-state index in [-0.39, 0.29) is 0 Å². The lowest BCUT2D eigenvalue weighted by Gasteiger charge is -2.08. The molecule has 2 aromatic rings. The number of alkyl halides is 3. The Morgan fingerprint density at radius 3 is 2.37 bits per heavy atom. The highest BCUT2D eigenvalue weighted by Gasteiger charge is 2.31. The molecule has 19 heavy (non-hydrogen) atoms. The van der Waals surface area contributed by atoms with Gasteiger partial charge >= 0.3 is 12.3 Å². The Hall–Kier alpha value is -2.65. The van der Waals surface area contributed by atoms with Gasteiger partial charge in [-0.2, -0.15) is 0 Å². The van der Waals surface area contributed by atoms with Crippen molar-refractivity contribution in [3.63, 3.8) is 0 Å². The van der Waals surface area contributed by atoms with Gasteiger partial charge in [0.2, 0.25) is 6.33 Å². The van der Waals surface area contributed by atoms with E-state index in [4.69, 9.17) is 0 Å². The molecule has 0 N–H and O–H groups in total. The van der Waals surface area contributed by atoms with Gasteiger partial charge in [-0.1, -0.05) is 4.98 Å². The Labute approximate surface area is 103 Å². The molecule has 0 radical (unpaired) electrons. The first-order valence-corrected chi connectivity index (χ1v) is 4.77. The fourth-order valence-electron chi connectivity index (χ4n) is 1.26. The molecule has 0 bridgehead atoms. The molecule has 0 saturated heterocycles. The molecule has 0 aliphatic heterocycles. The summed E-state index contributed by atoms with van der Waals surface area (Å²) in [4.78, 5) is 13.0. The van der Waals surface area contributed by atoms with Gasteiger partial charge in [-0.15, -0.1) is 17.9 Å². The molecule has 2 rings (SSSR count). The van der Waals surface area contributed by atoms with Crippen molar-refractivity contribution < 1.29 is 22.8 Å². The third-order valence-corrected chi connectivity index (χ3v) is 1.98. The van der Waals surface area contributed by atoms with E-state index in [9.17, 15) is 23.3 Å². The number of halogens is 3. The molecule has 0 atom stereocenters. The van der Waals surface area contributed by atoms with Gasteiger partial charge in [0.1, 0.15) is 5.75 Å². The van der Waals surface area contributed by atoms with E-state index in [1.54, 1.807) is 0 Å². The van der Waals surface area contributed by atoms with Crippen LogP contribution >= 0.6 is 0 Å². The number of rotatable bonds is 3. The molecular weight excluding hydrogens is 269 g/mol. The van der Waals surface area contributed by atoms with E-state index in [1.807, 2.05) is 0 Å². The smallest absolute Gasteiger partial charge is 0.406 e. The first kappa shape index (κ1) is 12.8. The topological polar surface area (TPSA) is 83.1 Å². The van der Waals surface area contributed by atoms with Crippen LogP contribution in [0.5, 0.6) is 5.75 Å². The zero-order chi connectivity index (χ0) is 14.0. The van der Waals surface area contributed by atoms with Gasteiger partial charge in [-0.3, -0.25) is 0 Å². The van der Waals surface area contributed by atoms with Gasteiger partial charge in [0.05, 0.1) is 5.69 Å². The number of hydrogen-bond donors (Lipinski definition) is 0. The van der Waals surface area contributed by atoms with Crippen LogP contribution in [0, 0.1) is 10.1 Å². The van der Waals surface area contributed by atoms with Gasteiger partial charge in [-0.25, -0.2) is 0 Å². The first-order chi connectivity index (χ1) is 8.85. The summed E-state index contributed by atoms with van der Waals surface area (Å²) in [6, 6.07) is 4.66. The van der Waals surface area contributed by atoms with Gasteiger partial charge in [-0.05, 0) is 29.2 Å². The molecule has 1 aromatic carbocycles. The summed E-state index contributed by atoms with van der Waals surface area (Å²) in [5.74, 6) is -0.999. The van der Waals surface area contributed by atoms with E-state index < -0.39 is 23.0 Å². The summed E-state index contributed by atoms with van der Waals surface area (Å²) >= 11 is 0. The Balaban J connectivity index is 2.20. The Bertz CT molecular complexity index is 594. The predicted octanol–water partition coefficient (Wildman–Crippen LogP) is 2.07. The van der Waals surface area contributed by atoms with Gasteiger partial charge in [0.25, 0.3) is 0 Å². The highest BCUT2D eigenvalue weighted by atomic mass is 19.4. The zero-order valence-electron chi connectivity index (χ0n) is 9.03. The SMILES string of the molecule is O=[N+]([O-])c1ncn(-c2ccc(OC(F)(F)F)cc2)n1. The second-order valence-corrected chi connectivity index (χ2v) is 3.29. The number of hydrogen-bond acceptors (Lipinski definition) is 5.